The number of rotatable bonds is 8. The van der Waals surface area contributed by atoms with E-state index >= 15 is 0 Å². The summed E-state index contributed by atoms with van der Waals surface area (Å²) in [5, 5.41) is 4.99. The van der Waals surface area contributed by atoms with Crippen LogP contribution in [0.25, 0.3) is 11.0 Å². The smallest absolute Gasteiger partial charge is 0.261 e. The molecule has 0 aliphatic carbocycles. The molecule has 0 fully saturated rings. The van der Waals surface area contributed by atoms with Gasteiger partial charge in [-0.15, -0.1) is 11.3 Å². The third-order valence-electron chi connectivity index (χ3n) is 5.53. The van der Waals surface area contributed by atoms with Crippen LogP contribution in [0, 0.1) is 6.92 Å². The van der Waals surface area contributed by atoms with E-state index < -0.39 is 0 Å². The van der Waals surface area contributed by atoms with Crippen molar-refractivity contribution in [3.8, 4) is 5.75 Å². The van der Waals surface area contributed by atoms with Crippen LogP contribution in [0.3, 0.4) is 0 Å². The average Bonchev–Trinajstić information content (AvgIpc) is 3.42. The summed E-state index contributed by atoms with van der Waals surface area (Å²) in [6.07, 6.45) is 0. The molecule has 6 heteroatoms. The molecule has 1 unspecified atom stereocenters. The molecular weight excluding hydrogens is 418 g/mol. The number of nitrogens with one attached hydrogen (secondary N) is 1. The summed E-state index contributed by atoms with van der Waals surface area (Å²) < 4.78 is 8.39. The molecule has 0 bridgehead atoms. The zero-order valence-electron chi connectivity index (χ0n) is 19.0. The number of carbonyl (C=O) groups excluding carboxylic acids is 1. The first-order chi connectivity index (χ1) is 15.4. The lowest BCUT2D eigenvalue weighted by Gasteiger charge is -2.18. The number of hydrogen-bond donors (Lipinski definition) is 1. The highest BCUT2D eigenvalue weighted by molar-refractivity contribution is 7.12. The molecular formula is C26H29N3O2S. The molecule has 1 atom stereocenters. The van der Waals surface area contributed by atoms with Gasteiger partial charge in [-0.25, -0.2) is 4.98 Å². The van der Waals surface area contributed by atoms with Crippen LogP contribution < -0.4 is 10.1 Å². The number of amides is 1. The maximum atomic E-state index is 12.6. The van der Waals surface area contributed by atoms with Crippen LogP contribution in [0.15, 0.2) is 60.0 Å². The van der Waals surface area contributed by atoms with E-state index in [2.05, 4.69) is 54.9 Å². The first-order valence-corrected chi connectivity index (χ1v) is 11.8. The number of aryl methyl sites for hydroxylation is 1. The largest absolute Gasteiger partial charge is 0.491 e. The van der Waals surface area contributed by atoms with Crippen LogP contribution in [0.1, 0.15) is 59.4 Å². The minimum absolute atomic E-state index is 0.0799. The number of para-hydroxylation sites is 2. The number of thiophene rings is 1. The molecule has 2 aromatic heterocycles. The number of fused-ring (bicyclic) bond motifs is 1. The molecule has 4 rings (SSSR count). The second kappa shape index (κ2) is 9.57. The van der Waals surface area contributed by atoms with Crippen LogP contribution in [-0.2, 0) is 6.54 Å². The van der Waals surface area contributed by atoms with Gasteiger partial charge in [0.1, 0.15) is 18.2 Å². The van der Waals surface area contributed by atoms with E-state index in [-0.39, 0.29) is 11.9 Å². The predicted octanol–water partition coefficient (Wildman–Crippen LogP) is 6.10. The number of imidazole rings is 1. The quantitative estimate of drug-likeness (QED) is 0.355. The minimum Gasteiger partial charge on any atom is -0.491 e. The van der Waals surface area contributed by atoms with E-state index in [0.717, 1.165) is 22.6 Å². The van der Waals surface area contributed by atoms with Crippen molar-refractivity contribution in [3.63, 3.8) is 0 Å². The lowest BCUT2D eigenvalue weighted by atomic mass is 10.0. The van der Waals surface area contributed by atoms with Gasteiger partial charge in [-0.1, -0.05) is 44.2 Å². The maximum absolute atomic E-state index is 12.6. The third-order valence-corrected chi connectivity index (χ3v) is 6.40. The van der Waals surface area contributed by atoms with Crippen LogP contribution in [0.5, 0.6) is 5.75 Å². The van der Waals surface area contributed by atoms with Gasteiger partial charge in [0.05, 0.1) is 28.5 Å². The van der Waals surface area contributed by atoms with Gasteiger partial charge < -0.3 is 14.6 Å². The van der Waals surface area contributed by atoms with Gasteiger partial charge in [-0.3, -0.25) is 4.79 Å². The van der Waals surface area contributed by atoms with Crippen molar-refractivity contribution in [1.82, 2.24) is 14.9 Å². The summed E-state index contributed by atoms with van der Waals surface area (Å²) in [5.41, 5.74) is 4.35. The molecule has 2 aromatic carbocycles. The Morgan fingerprint density at radius 1 is 1.12 bits per heavy atom. The van der Waals surface area contributed by atoms with Gasteiger partial charge in [0.15, 0.2) is 0 Å². The zero-order valence-corrected chi connectivity index (χ0v) is 19.8. The number of benzene rings is 2. The van der Waals surface area contributed by atoms with Crippen LogP contribution in [0.2, 0.25) is 0 Å². The minimum atomic E-state index is -0.234. The maximum Gasteiger partial charge on any atom is 0.261 e. The molecule has 0 spiro atoms. The van der Waals surface area contributed by atoms with Crippen LogP contribution in [0.4, 0.5) is 0 Å². The Balaban J connectivity index is 1.56. The lowest BCUT2D eigenvalue weighted by Crippen LogP contribution is -2.28. The highest BCUT2D eigenvalue weighted by Gasteiger charge is 2.19. The van der Waals surface area contributed by atoms with Crippen molar-refractivity contribution in [2.24, 2.45) is 0 Å². The Hall–Kier alpha value is -3.12. The molecule has 1 N–H and O–H groups in total. The Morgan fingerprint density at radius 3 is 2.69 bits per heavy atom. The van der Waals surface area contributed by atoms with Gasteiger partial charge in [0.25, 0.3) is 5.91 Å². The Morgan fingerprint density at radius 2 is 1.94 bits per heavy atom. The van der Waals surface area contributed by atoms with Crippen molar-refractivity contribution in [3.05, 3.63) is 81.8 Å². The Bertz CT molecular complexity index is 1210. The number of carbonyl (C=O) groups is 1. The van der Waals surface area contributed by atoms with Crippen molar-refractivity contribution in [2.45, 2.75) is 46.2 Å². The predicted molar refractivity (Wildman–Crippen MR) is 131 cm³/mol. The van der Waals surface area contributed by atoms with Gasteiger partial charge in [0.2, 0.25) is 0 Å². The molecule has 0 aliphatic heterocycles. The molecule has 0 saturated heterocycles. The van der Waals surface area contributed by atoms with E-state index in [1.54, 1.807) is 0 Å². The molecule has 1 amide bonds. The van der Waals surface area contributed by atoms with Crippen molar-refractivity contribution >= 4 is 28.3 Å². The summed E-state index contributed by atoms with van der Waals surface area (Å²) in [4.78, 5) is 18.1. The zero-order chi connectivity index (χ0) is 22.7. The first-order valence-electron chi connectivity index (χ1n) is 11.0. The van der Waals surface area contributed by atoms with E-state index in [4.69, 9.17) is 9.72 Å². The molecule has 0 aliphatic rings. The molecule has 2 heterocycles. The standard InChI is InChI=1S/C26H29N3O2S/c1-17(2)20-12-11-18(3)16-23(20)31-14-13-29-22-9-6-5-8-21(22)28-25(29)19(4)27-26(30)24-10-7-15-32-24/h5-12,15-17,19H,13-14H2,1-4H3,(H,27,30). The molecule has 5 nitrogen and oxygen atoms in total. The SMILES string of the molecule is Cc1ccc(C(C)C)c(OCCn2c(C(C)NC(=O)c3cccs3)nc3ccccc32)c1. The molecule has 4 aromatic rings. The average molecular weight is 448 g/mol. The van der Waals surface area contributed by atoms with E-state index in [0.29, 0.717) is 23.9 Å². The Labute approximate surface area is 193 Å². The highest BCUT2D eigenvalue weighted by atomic mass is 32.1. The molecule has 32 heavy (non-hydrogen) atoms. The molecule has 0 radical (unpaired) electrons. The normalized spacial score (nSPS) is 12.3. The first kappa shape index (κ1) is 22.1. The van der Waals surface area contributed by atoms with Gasteiger partial charge >= 0.3 is 0 Å². The number of hydrogen-bond acceptors (Lipinski definition) is 4. The summed E-state index contributed by atoms with van der Waals surface area (Å²) in [6, 6.07) is 17.9. The Kier molecular flexibility index (Phi) is 6.61. The van der Waals surface area contributed by atoms with Crippen LogP contribution >= 0.6 is 11.3 Å². The van der Waals surface area contributed by atoms with Crippen molar-refractivity contribution in [1.29, 1.82) is 0 Å². The second-order valence-electron chi connectivity index (χ2n) is 8.33. The van der Waals surface area contributed by atoms with Crippen LogP contribution in [-0.4, -0.2) is 22.1 Å². The highest BCUT2D eigenvalue weighted by Crippen LogP contribution is 2.28. The summed E-state index contributed by atoms with van der Waals surface area (Å²) in [7, 11) is 0. The van der Waals surface area contributed by atoms with Gasteiger partial charge in [0, 0.05) is 0 Å². The second-order valence-corrected chi connectivity index (χ2v) is 9.27. The molecule has 166 valence electrons. The monoisotopic (exact) mass is 447 g/mol. The topological polar surface area (TPSA) is 56.1 Å². The van der Waals surface area contributed by atoms with E-state index in [1.807, 2.05) is 42.6 Å². The van der Waals surface area contributed by atoms with E-state index in [1.165, 1.54) is 22.5 Å². The summed E-state index contributed by atoms with van der Waals surface area (Å²) >= 11 is 1.43. The molecule has 0 saturated carbocycles. The van der Waals surface area contributed by atoms with Gasteiger partial charge in [-0.2, -0.15) is 0 Å². The van der Waals surface area contributed by atoms with Crippen molar-refractivity contribution in [2.75, 3.05) is 6.61 Å². The fourth-order valence-electron chi connectivity index (χ4n) is 3.89. The fraction of sp³-hybridized carbons (Fsp3) is 0.308. The van der Waals surface area contributed by atoms with Crippen molar-refractivity contribution < 1.29 is 9.53 Å². The summed E-state index contributed by atoms with van der Waals surface area (Å²) in [5.74, 6) is 2.07. The third kappa shape index (κ3) is 4.70. The number of aromatic nitrogens is 2. The lowest BCUT2D eigenvalue weighted by molar-refractivity contribution is 0.0941. The number of nitrogens with zero attached hydrogens (tertiary/aromatic N) is 2. The van der Waals surface area contributed by atoms with Gasteiger partial charge in [-0.05, 0) is 60.5 Å². The number of ether oxygens (including phenoxy) is 1. The van der Waals surface area contributed by atoms with E-state index in [9.17, 15) is 4.79 Å². The summed E-state index contributed by atoms with van der Waals surface area (Å²) in [6.45, 7) is 9.56. The fourth-order valence-corrected chi connectivity index (χ4v) is 4.52.